The van der Waals surface area contributed by atoms with Gasteiger partial charge in [-0.1, -0.05) is 11.6 Å². The minimum Gasteiger partial charge on any atom is -0.330 e. The molecule has 4 heteroatoms. The van der Waals surface area contributed by atoms with Crippen molar-refractivity contribution in [1.82, 2.24) is 4.98 Å². The fourth-order valence-corrected chi connectivity index (χ4v) is 1.20. The number of hydrogen-bond acceptors (Lipinski definition) is 2. The van der Waals surface area contributed by atoms with Crippen molar-refractivity contribution in [3.63, 3.8) is 0 Å². The van der Waals surface area contributed by atoms with Crippen molar-refractivity contribution in [1.29, 1.82) is 0 Å². The van der Waals surface area contributed by atoms with Crippen molar-refractivity contribution in [2.75, 3.05) is 6.54 Å². The Balaban J connectivity index is 2.81. The van der Waals surface area contributed by atoms with Crippen LogP contribution in [0.3, 0.4) is 0 Å². The molecule has 0 aromatic carbocycles. The molecule has 0 saturated heterocycles. The average Bonchev–Trinajstić information content (AvgIpc) is 2.04. The predicted octanol–water partition coefficient (Wildman–Crippen LogP) is 1.77. The number of rotatable bonds is 3. The molecule has 0 aliphatic rings. The minimum atomic E-state index is -0.351. The zero-order valence-electron chi connectivity index (χ0n) is 6.56. The number of nitrogens with zero attached hydrogens (tertiary/aromatic N) is 1. The second kappa shape index (κ2) is 4.38. The quantitative estimate of drug-likeness (QED) is 0.785. The van der Waals surface area contributed by atoms with Gasteiger partial charge in [-0.3, -0.25) is 4.98 Å². The second-order valence-electron chi connectivity index (χ2n) is 2.47. The van der Waals surface area contributed by atoms with E-state index in [4.69, 9.17) is 17.3 Å². The fraction of sp³-hybridized carbons (Fsp3) is 0.375. The topological polar surface area (TPSA) is 38.9 Å². The van der Waals surface area contributed by atoms with Gasteiger partial charge < -0.3 is 5.73 Å². The smallest absolute Gasteiger partial charge is 0.146 e. The number of halogens is 2. The molecule has 0 amide bonds. The van der Waals surface area contributed by atoms with Crippen LogP contribution < -0.4 is 5.73 Å². The van der Waals surface area contributed by atoms with E-state index in [0.717, 1.165) is 12.6 Å². The molecule has 0 aliphatic heterocycles. The molecule has 2 nitrogen and oxygen atoms in total. The highest BCUT2D eigenvalue weighted by atomic mass is 35.5. The summed E-state index contributed by atoms with van der Waals surface area (Å²) >= 11 is 5.72. The molecule has 0 radical (unpaired) electrons. The summed E-state index contributed by atoms with van der Waals surface area (Å²) in [4.78, 5) is 3.61. The molecule has 1 aromatic heterocycles. The molecule has 1 heterocycles. The highest BCUT2D eigenvalue weighted by Crippen LogP contribution is 2.18. The van der Waals surface area contributed by atoms with Gasteiger partial charge in [-0.05, 0) is 19.4 Å². The van der Waals surface area contributed by atoms with Crippen molar-refractivity contribution in [3.8, 4) is 0 Å². The summed E-state index contributed by atoms with van der Waals surface area (Å²) < 4.78 is 13.0. The van der Waals surface area contributed by atoms with Crippen molar-refractivity contribution < 1.29 is 4.39 Å². The highest BCUT2D eigenvalue weighted by Gasteiger charge is 2.05. The summed E-state index contributed by atoms with van der Waals surface area (Å²) in [6.07, 6.45) is 3.92. The largest absolute Gasteiger partial charge is 0.330 e. The Morgan fingerprint density at radius 2 is 2.25 bits per heavy atom. The van der Waals surface area contributed by atoms with E-state index < -0.39 is 0 Å². The molecule has 12 heavy (non-hydrogen) atoms. The third kappa shape index (κ3) is 2.16. The molecule has 1 rings (SSSR count). The van der Waals surface area contributed by atoms with E-state index in [0.29, 0.717) is 23.6 Å². The maximum atomic E-state index is 13.0. The summed E-state index contributed by atoms with van der Waals surface area (Å²) in [5.74, 6) is -0.351. The van der Waals surface area contributed by atoms with Gasteiger partial charge in [0.25, 0.3) is 0 Å². The molecule has 0 spiro atoms. The summed E-state index contributed by atoms with van der Waals surface area (Å²) in [5.41, 5.74) is 5.81. The van der Waals surface area contributed by atoms with E-state index in [1.54, 1.807) is 0 Å². The molecule has 0 atom stereocenters. The van der Waals surface area contributed by atoms with Crippen LogP contribution in [0.5, 0.6) is 0 Å². The van der Waals surface area contributed by atoms with Crippen molar-refractivity contribution >= 4 is 11.6 Å². The Labute approximate surface area is 75.6 Å². The first-order valence-corrected chi connectivity index (χ1v) is 4.11. The van der Waals surface area contributed by atoms with Gasteiger partial charge in [-0.15, -0.1) is 0 Å². The van der Waals surface area contributed by atoms with Gasteiger partial charge in [0.1, 0.15) is 5.82 Å². The predicted molar refractivity (Wildman–Crippen MR) is 46.6 cm³/mol. The molecule has 0 fully saturated rings. The number of hydrogen-bond donors (Lipinski definition) is 1. The van der Waals surface area contributed by atoms with Crippen LogP contribution >= 0.6 is 11.6 Å². The molecular weight excluding hydrogens is 179 g/mol. The molecule has 66 valence electrons. The third-order valence-electron chi connectivity index (χ3n) is 1.58. The Bertz CT molecular complexity index is 245. The molecule has 0 saturated carbocycles. The lowest BCUT2D eigenvalue weighted by atomic mass is 10.1. The van der Waals surface area contributed by atoms with Crippen LogP contribution in [0, 0.1) is 5.82 Å². The van der Waals surface area contributed by atoms with Crippen LogP contribution in [0.4, 0.5) is 4.39 Å². The number of pyridine rings is 1. The van der Waals surface area contributed by atoms with Gasteiger partial charge in [0.05, 0.1) is 11.2 Å². The van der Waals surface area contributed by atoms with Gasteiger partial charge in [0.15, 0.2) is 0 Å². The SMILES string of the molecule is NCCCc1c(F)cncc1Cl. The van der Waals surface area contributed by atoms with Crippen LogP contribution in [-0.4, -0.2) is 11.5 Å². The number of aromatic nitrogens is 1. The first kappa shape index (κ1) is 9.42. The Kier molecular flexibility index (Phi) is 3.44. The average molecular weight is 189 g/mol. The van der Waals surface area contributed by atoms with Gasteiger partial charge in [-0.25, -0.2) is 4.39 Å². The number of nitrogens with two attached hydrogens (primary N) is 1. The van der Waals surface area contributed by atoms with Crippen LogP contribution in [-0.2, 0) is 6.42 Å². The standard InChI is InChI=1S/C8H10ClFN2/c9-7-4-12-5-8(10)6(7)2-1-3-11/h4-5H,1-3,11H2. The van der Waals surface area contributed by atoms with E-state index in [1.807, 2.05) is 0 Å². The van der Waals surface area contributed by atoms with Gasteiger partial charge in [0, 0.05) is 11.8 Å². The van der Waals surface area contributed by atoms with Crippen molar-refractivity contribution in [3.05, 3.63) is 28.8 Å². The lowest BCUT2D eigenvalue weighted by molar-refractivity contribution is 0.599. The van der Waals surface area contributed by atoms with E-state index in [1.165, 1.54) is 6.20 Å². The van der Waals surface area contributed by atoms with Crippen LogP contribution in [0.25, 0.3) is 0 Å². The second-order valence-corrected chi connectivity index (χ2v) is 2.88. The Morgan fingerprint density at radius 3 is 2.83 bits per heavy atom. The molecule has 0 aliphatic carbocycles. The zero-order valence-corrected chi connectivity index (χ0v) is 7.31. The molecule has 0 unspecified atom stereocenters. The summed E-state index contributed by atoms with van der Waals surface area (Å²) in [6.45, 7) is 0.540. The maximum absolute atomic E-state index is 13.0. The first-order chi connectivity index (χ1) is 5.75. The van der Waals surface area contributed by atoms with Gasteiger partial charge in [-0.2, -0.15) is 0 Å². The minimum absolute atomic E-state index is 0.351. The van der Waals surface area contributed by atoms with Crippen LogP contribution in [0.1, 0.15) is 12.0 Å². The van der Waals surface area contributed by atoms with E-state index in [2.05, 4.69) is 4.98 Å². The first-order valence-electron chi connectivity index (χ1n) is 3.73. The van der Waals surface area contributed by atoms with Crippen LogP contribution in [0.2, 0.25) is 5.02 Å². The summed E-state index contributed by atoms with van der Waals surface area (Å²) in [5, 5.41) is 0.378. The molecule has 2 N–H and O–H groups in total. The van der Waals surface area contributed by atoms with E-state index in [9.17, 15) is 4.39 Å². The van der Waals surface area contributed by atoms with Gasteiger partial charge >= 0.3 is 0 Å². The molecular formula is C8H10ClFN2. The molecule has 0 bridgehead atoms. The zero-order chi connectivity index (χ0) is 8.97. The van der Waals surface area contributed by atoms with E-state index >= 15 is 0 Å². The van der Waals surface area contributed by atoms with Gasteiger partial charge in [0.2, 0.25) is 0 Å². The lowest BCUT2D eigenvalue weighted by Crippen LogP contribution is -2.02. The maximum Gasteiger partial charge on any atom is 0.146 e. The summed E-state index contributed by atoms with van der Waals surface area (Å²) in [7, 11) is 0. The van der Waals surface area contributed by atoms with E-state index in [-0.39, 0.29) is 5.82 Å². The lowest BCUT2D eigenvalue weighted by Gasteiger charge is -2.02. The summed E-state index contributed by atoms with van der Waals surface area (Å²) in [6, 6.07) is 0. The van der Waals surface area contributed by atoms with Crippen LogP contribution in [0.15, 0.2) is 12.4 Å². The normalized spacial score (nSPS) is 10.2. The molecule has 1 aromatic rings. The van der Waals surface area contributed by atoms with Crippen molar-refractivity contribution in [2.24, 2.45) is 5.73 Å². The monoisotopic (exact) mass is 188 g/mol. The Hall–Kier alpha value is -0.670. The Morgan fingerprint density at radius 1 is 1.50 bits per heavy atom. The highest BCUT2D eigenvalue weighted by molar-refractivity contribution is 6.31. The van der Waals surface area contributed by atoms with Crippen molar-refractivity contribution in [2.45, 2.75) is 12.8 Å². The fourth-order valence-electron chi connectivity index (χ4n) is 0.956. The third-order valence-corrected chi connectivity index (χ3v) is 1.91.